The van der Waals surface area contributed by atoms with E-state index < -0.39 is 6.10 Å². The molecule has 0 aliphatic rings. The van der Waals surface area contributed by atoms with E-state index in [9.17, 15) is 5.11 Å². The molecule has 2 unspecified atom stereocenters. The van der Waals surface area contributed by atoms with Crippen molar-refractivity contribution < 1.29 is 9.84 Å². The van der Waals surface area contributed by atoms with Gasteiger partial charge in [0.05, 0.1) is 13.2 Å². The molecule has 0 fully saturated rings. The maximum absolute atomic E-state index is 10.1. The van der Waals surface area contributed by atoms with Crippen molar-refractivity contribution >= 4 is 11.3 Å². The van der Waals surface area contributed by atoms with E-state index in [0.29, 0.717) is 6.54 Å². The fourth-order valence-corrected chi connectivity index (χ4v) is 2.63. The van der Waals surface area contributed by atoms with Gasteiger partial charge in [0.2, 0.25) is 0 Å². The Labute approximate surface area is 117 Å². The lowest BCUT2D eigenvalue weighted by molar-refractivity contribution is 0.171. The van der Waals surface area contributed by atoms with Crippen LogP contribution in [0.3, 0.4) is 0 Å². The molecule has 0 spiro atoms. The van der Waals surface area contributed by atoms with Crippen LogP contribution in [0, 0.1) is 0 Å². The average molecular weight is 277 g/mol. The number of rotatable bonds is 6. The summed E-state index contributed by atoms with van der Waals surface area (Å²) in [6, 6.07) is 11.9. The topological polar surface area (TPSA) is 41.5 Å². The molecule has 2 aromatic rings. The van der Waals surface area contributed by atoms with Crippen LogP contribution in [0.2, 0.25) is 0 Å². The highest BCUT2D eigenvalue weighted by Crippen LogP contribution is 2.20. The smallest absolute Gasteiger partial charge is 0.118 e. The van der Waals surface area contributed by atoms with Crippen LogP contribution < -0.4 is 10.1 Å². The molecular weight excluding hydrogens is 258 g/mol. The summed E-state index contributed by atoms with van der Waals surface area (Å²) in [4.78, 5) is 1.28. The molecule has 2 N–H and O–H groups in total. The fourth-order valence-electron chi connectivity index (χ4n) is 1.87. The van der Waals surface area contributed by atoms with Gasteiger partial charge < -0.3 is 15.2 Å². The molecule has 3 nitrogen and oxygen atoms in total. The molecule has 19 heavy (non-hydrogen) atoms. The van der Waals surface area contributed by atoms with Crippen LogP contribution in [0.1, 0.15) is 29.5 Å². The second kappa shape index (κ2) is 6.70. The molecule has 2 rings (SSSR count). The van der Waals surface area contributed by atoms with Crippen molar-refractivity contribution in [3.05, 3.63) is 52.2 Å². The SMILES string of the molecule is COc1ccc(C(O)CNC(C)c2cccs2)cc1. The van der Waals surface area contributed by atoms with Gasteiger partial charge in [-0.1, -0.05) is 18.2 Å². The van der Waals surface area contributed by atoms with E-state index in [0.717, 1.165) is 11.3 Å². The third-order valence-corrected chi connectivity index (χ3v) is 4.14. The molecule has 0 saturated carbocycles. The summed E-state index contributed by atoms with van der Waals surface area (Å²) >= 11 is 1.72. The number of methoxy groups -OCH3 is 1. The Morgan fingerprint density at radius 3 is 2.58 bits per heavy atom. The number of hydrogen-bond donors (Lipinski definition) is 2. The minimum absolute atomic E-state index is 0.257. The largest absolute Gasteiger partial charge is 0.497 e. The number of hydrogen-bond acceptors (Lipinski definition) is 4. The molecule has 0 radical (unpaired) electrons. The summed E-state index contributed by atoms with van der Waals surface area (Å²) in [7, 11) is 1.63. The van der Waals surface area contributed by atoms with Gasteiger partial charge in [-0.05, 0) is 36.1 Å². The van der Waals surface area contributed by atoms with Gasteiger partial charge in [0, 0.05) is 17.5 Å². The van der Waals surface area contributed by atoms with Crippen LogP contribution in [0.15, 0.2) is 41.8 Å². The summed E-state index contributed by atoms with van der Waals surface area (Å²) in [5, 5.41) is 15.5. The number of benzene rings is 1. The molecule has 1 aromatic carbocycles. The van der Waals surface area contributed by atoms with Gasteiger partial charge >= 0.3 is 0 Å². The first-order valence-corrected chi connectivity index (χ1v) is 7.17. The van der Waals surface area contributed by atoms with E-state index in [1.807, 2.05) is 30.3 Å². The molecule has 0 aliphatic heterocycles. The molecule has 0 amide bonds. The van der Waals surface area contributed by atoms with E-state index in [1.165, 1.54) is 4.88 Å². The van der Waals surface area contributed by atoms with Crippen molar-refractivity contribution in [2.45, 2.75) is 19.1 Å². The van der Waals surface area contributed by atoms with Gasteiger partial charge in [0.15, 0.2) is 0 Å². The normalized spacial score (nSPS) is 14.1. The van der Waals surface area contributed by atoms with Crippen molar-refractivity contribution in [2.24, 2.45) is 0 Å². The standard InChI is InChI=1S/C15H19NO2S/c1-11(15-4-3-9-19-15)16-10-14(17)12-5-7-13(18-2)8-6-12/h3-9,11,14,16-17H,10H2,1-2H3. The molecule has 0 bridgehead atoms. The zero-order valence-electron chi connectivity index (χ0n) is 11.2. The predicted octanol–water partition coefficient (Wildman–Crippen LogP) is 3.14. The molecule has 4 heteroatoms. The molecule has 2 atom stereocenters. The lowest BCUT2D eigenvalue weighted by Gasteiger charge is -2.16. The van der Waals surface area contributed by atoms with Gasteiger partial charge in [0.25, 0.3) is 0 Å². The molecular formula is C15H19NO2S. The minimum atomic E-state index is -0.506. The Balaban J connectivity index is 1.88. The van der Waals surface area contributed by atoms with Crippen LogP contribution in [0.4, 0.5) is 0 Å². The fraction of sp³-hybridized carbons (Fsp3) is 0.333. The highest BCUT2D eigenvalue weighted by molar-refractivity contribution is 7.10. The van der Waals surface area contributed by atoms with Crippen molar-refractivity contribution in [3.8, 4) is 5.75 Å². The third-order valence-electron chi connectivity index (χ3n) is 3.09. The van der Waals surface area contributed by atoms with E-state index in [1.54, 1.807) is 18.4 Å². The minimum Gasteiger partial charge on any atom is -0.497 e. The van der Waals surface area contributed by atoms with Crippen molar-refractivity contribution in [2.75, 3.05) is 13.7 Å². The van der Waals surface area contributed by atoms with Crippen LogP contribution in [0.5, 0.6) is 5.75 Å². The van der Waals surface area contributed by atoms with Gasteiger partial charge in [0.1, 0.15) is 5.75 Å². The maximum Gasteiger partial charge on any atom is 0.118 e. The zero-order valence-corrected chi connectivity index (χ0v) is 12.0. The van der Waals surface area contributed by atoms with Gasteiger partial charge in [-0.3, -0.25) is 0 Å². The Hall–Kier alpha value is -1.36. The van der Waals surface area contributed by atoms with Crippen molar-refractivity contribution in [1.82, 2.24) is 5.32 Å². The van der Waals surface area contributed by atoms with E-state index in [4.69, 9.17) is 4.74 Å². The Morgan fingerprint density at radius 1 is 1.26 bits per heavy atom. The monoisotopic (exact) mass is 277 g/mol. The average Bonchev–Trinajstić information content (AvgIpc) is 2.98. The van der Waals surface area contributed by atoms with Crippen molar-refractivity contribution in [1.29, 1.82) is 0 Å². The molecule has 1 heterocycles. The lowest BCUT2D eigenvalue weighted by atomic mass is 10.1. The zero-order chi connectivity index (χ0) is 13.7. The molecule has 1 aromatic heterocycles. The molecule has 102 valence electrons. The Morgan fingerprint density at radius 2 is 2.00 bits per heavy atom. The third kappa shape index (κ3) is 3.80. The first-order valence-electron chi connectivity index (χ1n) is 6.29. The summed E-state index contributed by atoms with van der Waals surface area (Å²) in [6.07, 6.45) is -0.506. The van der Waals surface area contributed by atoms with Gasteiger partial charge in [-0.2, -0.15) is 0 Å². The number of aliphatic hydroxyl groups is 1. The Bertz CT molecular complexity index is 481. The van der Waals surface area contributed by atoms with E-state index in [2.05, 4.69) is 23.7 Å². The predicted molar refractivity (Wildman–Crippen MR) is 78.7 cm³/mol. The quantitative estimate of drug-likeness (QED) is 0.852. The second-order valence-electron chi connectivity index (χ2n) is 4.43. The maximum atomic E-state index is 10.1. The highest BCUT2D eigenvalue weighted by Gasteiger charge is 2.11. The highest BCUT2D eigenvalue weighted by atomic mass is 32.1. The lowest BCUT2D eigenvalue weighted by Crippen LogP contribution is -2.24. The van der Waals surface area contributed by atoms with Crippen LogP contribution >= 0.6 is 11.3 Å². The van der Waals surface area contributed by atoms with Gasteiger partial charge in [-0.25, -0.2) is 0 Å². The molecule has 0 aliphatic carbocycles. The first kappa shape index (κ1) is 14.1. The van der Waals surface area contributed by atoms with Crippen LogP contribution in [0.25, 0.3) is 0 Å². The van der Waals surface area contributed by atoms with E-state index in [-0.39, 0.29) is 6.04 Å². The van der Waals surface area contributed by atoms with Crippen molar-refractivity contribution in [3.63, 3.8) is 0 Å². The summed E-state index contributed by atoms with van der Waals surface area (Å²) in [6.45, 7) is 2.64. The van der Waals surface area contributed by atoms with E-state index >= 15 is 0 Å². The Kier molecular flexibility index (Phi) is 4.96. The summed E-state index contributed by atoms with van der Waals surface area (Å²) in [5.74, 6) is 0.802. The van der Waals surface area contributed by atoms with Crippen LogP contribution in [-0.4, -0.2) is 18.8 Å². The number of nitrogens with one attached hydrogen (secondary N) is 1. The first-order chi connectivity index (χ1) is 9.20. The van der Waals surface area contributed by atoms with Crippen LogP contribution in [-0.2, 0) is 0 Å². The number of aliphatic hydroxyl groups excluding tert-OH is 1. The molecule has 0 saturated heterocycles. The number of thiophene rings is 1. The summed E-state index contributed by atoms with van der Waals surface area (Å²) in [5.41, 5.74) is 0.895. The number of ether oxygens (including phenoxy) is 1. The summed E-state index contributed by atoms with van der Waals surface area (Å²) < 4.78 is 5.10. The second-order valence-corrected chi connectivity index (χ2v) is 5.41. The van der Waals surface area contributed by atoms with Gasteiger partial charge in [-0.15, -0.1) is 11.3 Å².